The summed E-state index contributed by atoms with van der Waals surface area (Å²) in [5.41, 5.74) is 10.8. The second-order valence-electron chi connectivity index (χ2n) is 10.7. The van der Waals surface area contributed by atoms with E-state index in [1.807, 2.05) is 12.1 Å². The van der Waals surface area contributed by atoms with Crippen LogP contribution in [0.2, 0.25) is 0 Å². The number of nitrogens with one attached hydrogen (secondary N) is 3. The first-order valence-electron chi connectivity index (χ1n) is 12.6. The summed E-state index contributed by atoms with van der Waals surface area (Å²) < 4.78 is 0. The largest absolute Gasteiger partial charge is 0.339 e. The summed E-state index contributed by atoms with van der Waals surface area (Å²) in [6.45, 7) is 8.03. The Morgan fingerprint density at radius 1 is 1.03 bits per heavy atom. The number of fused-ring (bicyclic) bond motifs is 2. The Labute approximate surface area is 213 Å². The molecule has 0 aliphatic heterocycles. The molecule has 0 saturated heterocycles. The Bertz CT molecular complexity index is 1130. The lowest BCUT2D eigenvalue weighted by Gasteiger charge is -2.63. The van der Waals surface area contributed by atoms with Gasteiger partial charge in [0.2, 0.25) is 0 Å². The molecule has 3 saturated carbocycles. The molecule has 0 heterocycles. The lowest BCUT2D eigenvalue weighted by molar-refractivity contribution is -0.138. The molecule has 5 rings (SSSR count). The maximum Gasteiger partial charge on any atom is 0.267 e. The van der Waals surface area contributed by atoms with Crippen LogP contribution in [0.25, 0.3) is 0 Å². The molecule has 2 amide bonds. The van der Waals surface area contributed by atoms with Gasteiger partial charge >= 0.3 is 0 Å². The predicted molar refractivity (Wildman–Crippen MR) is 139 cm³/mol. The van der Waals surface area contributed by atoms with Crippen molar-refractivity contribution in [1.29, 1.82) is 0 Å². The van der Waals surface area contributed by atoms with Gasteiger partial charge in [-0.1, -0.05) is 44.7 Å². The van der Waals surface area contributed by atoms with E-state index in [2.05, 4.69) is 55.4 Å². The quantitative estimate of drug-likeness (QED) is 0.233. The van der Waals surface area contributed by atoms with Crippen LogP contribution < -0.4 is 21.8 Å². The summed E-state index contributed by atoms with van der Waals surface area (Å²) in [6.07, 6.45) is 2.56. The Kier molecular flexibility index (Phi) is 7.79. The first-order chi connectivity index (χ1) is 17.2. The maximum absolute atomic E-state index is 12.3. The fraction of sp³-hybridized carbons (Fsp3) is 0.448. The molecule has 3 fully saturated rings. The molecule has 7 nitrogen and oxygen atoms in total. The lowest BCUT2D eigenvalue weighted by atomic mass is 9.43. The summed E-state index contributed by atoms with van der Waals surface area (Å²) in [7, 11) is 0. The molecule has 2 aromatic rings. The van der Waals surface area contributed by atoms with Gasteiger partial charge in [-0.15, -0.1) is 0 Å². The van der Waals surface area contributed by atoms with Crippen LogP contribution in [0, 0.1) is 35.0 Å². The SMILES string of the molecule is CC1C2CC(NCc3ccc(C#Cc4ccc(C(=O)N[C@@H](CN)C(=O)NO)cc4)cc3)C[C@@H]1C2(C)C. The van der Waals surface area contributed by atoms with Gasteiger partial charge in [-0.2, -0.15) is 0 Å². The van der Waals surface area contributed by atoms with Crippen LogP contribution in [0.15, 0.2) is 48.5 Å². The van der Waals surface area contributed by atoms with Crippen molar-refractivity contribution in [2.24, 2.45) is 28.9 Å². The molecular formula is C29H36N4O3. The summed E-state index contributed by atoms with van der Waals surface area (Å²) in [4.78, 5) is 23.8. The van der Waals surface area contributed by atoms with Gasteiger partial charge < -0.3 is 16.4 Å². The smallest absolute Gasteiger partial charge is 0.267 e. The summed E-state index contributed by atoms with van der Waals surface area (Å²) in [5.74, 6) is 7.60. The summed E-state index contributed by atoms with van der Waals surface area (Å²) in [6, 6.07) is 14.7. The molecule has 7 heteroatoms. The van der Waals surface area contributed by atoms with Crippen molar-refractivity contribution in [1.82, 2.24) is 16.1 Å². The highest BCUT2D eigenvalue weighted by Gasteiger charge is 2.57. The molecule has 3 unspecified atom stereocenters. The van der Waals surface area contributed by atoms with E-state index in [1.165, 1.54) is 23.9 Å². The predicted octanol–water partition coefficient (Wildman–Crippen LogP) is 2.81. The van der Waals surface area contributed by atoms with Crippen molar-refractivity contribution in [3.05, 3.63) is 70.8 Å². The Morgan fingerprint density at radius 2 is 1.58 bits per heavy atom. The third kappa shape index (κ3) is 5.46. The van der Waals surface area contributed by atoms with Gasteiger partial charge in [0.25, 0.3) is 11.8 Å². The van der Waals surface area contributed by atoms with Crippen LogP contribution in [0.1, 0.15) is 60.7 Å². The standard InChI is InChI=1S/C29H36N4O3/c1-18-24-14-23(15-25(18)29(24,2)3)31-17-21-8-6-19(7-9-21)4-5-20-10-12-22(13-11-20)27(34)32-26(16-30)28(35)33-36/h6-13,18,23-26,31,36H,14-17,30H2,1-3H3,(H,32,34)(H,33,35)/t18?,23?,24-,25?,26-/m0/s1. The minimum Gasteiger partial charge on any atom is -0.339 e. The molecule has 0 aromatic heterocycles. The third-order valence-corrected chi connectivity index (χ3v) is 8.27. The van der Waals surface area contributed by atoms with E-state index in [9.17, 15) is 9.59 Å². The number of hydrogen-bond donors (Lipinski definition) is 5. The van der Waals surface area contributed by atoms with E-state index in [0.717, 1.165) is 35.4 Å². The van der Waals surface area contributed by atoms with E-state index >= 15 is 0 Å². The normalized spacial score (nSPS) is 24.5. The molecular weight excluding hydrogens is 452 g/mol. The topological polar surface area (TPSA) is 116 Å². The molecule has 36 heavy (non-hydrogen) atoms. The molecule has 3 aliphatic carbocycles. The number of nitrogens with two attached hydrogens (primary N) is 1. The highest BCUT2D eigenvalue weighted by atomic mass is 16.5. The van der Waals surface area contributed by atoms with E-state index in [1.54, 1.807) is 24.3 Å². The van der Waals surface area contributed by atoms with Crippen LogP contribution in [-0.4, -0.2) is 35.7 Å². The molecule has 0 spiro atoms. The van der Waals surface area contributed by atoms with E-state index in [4.69, 9.17) is 10.9 Å². The Hall–Kier alpha value is -3.18. The minimum absolute atomic E-state index is 0.129. The molecule has 2 bridgehead atoms. The van der Waals surface area contributed by atoms with E-state index in [0.29, 0.717) is 17.0 Å². The zero-order valence-electron chi connectivity index (χ0n) is 21.2. The lowest BCUT2D eigenvalue weighted by Crippen LogP contribution is -2.60. The Morgan fingerprint density at radius 3 is 2.08 bits per heavy atom. The van der Waals surface area contributed by atoms with Crippen molar-refractivity contribution >= 4 is 11.8 Å². The fourth-order valence-electron chi connectivity index (χ4n) is 6.07. The zero-order valence-corrected chi connectivity index (χ0v) is 21.2. The second kappa shape index (κ2) is 10.8. The first-order valence-corrected chi connectivity index (χ1v) is 12.6. The molecule has 5 atom stereocenters. The van der Waals surface area contributed by atoms with Gasteiger partial charge in [0.1, 0.15) is 6.04 Å². The number of rotatable bonds is 7. The van der Waals surface area contributed by atoms with Crippen LogP contribution in [-0.2, 0) is 11.3 Å². The highest BCUT2D eigenvalue weighted by molar-refractivity contribution is 5.97. The number of carbonyl (C=O) groups excluding carboxylic acids is 2. The van der Waals surface area contributed by atoms with Gasteiger partial charge in [0.05, 0.1) is 0 Å². The van der Waals surface area contributed by atoms with Gasteiger partial charge in [0.15, 0.2) is 0 Å². The number of amides is 2. The summed E-state index contributed by atoms with van der Waals surface area (Å²) >= 11 is 0. The molecule has 190 valence electrons. The average molecular weight is 489 g/mol. The van der Waals surface area contributed by atoms with E-state index in [-0.39, 0.29) is 6.54 Å². The zero-order chi connectivity index (χ0) is 25.9. The van der Waals surface area contributed by atoms with Crippen LogP contribution in [0.3, 0.4) is 0 Å². The number of hydrogen-bond acceptors (Lipinski definition) is 5. The number of carbonyl (C=O) groups is 2. The van der Waals surface area contributed by atoms with E-state index < -0.39 is 17.9 Å². The maximum atomic E-state index is 12.3. The van der Waals surface area contributed by atoms with Crippen LogP contribution in [0.5, 0.6) is 0 Å². The monoisotopic (exact) mass is 488 g/mol. The highest BCUT2D eigenvalue weighted by Crippen LogP contribution is 2.62. The molecule has 2 aromatic carbocycles. The minimum atomic E-state index is -1.01. The van der Waals surface area contributed by atoms with Crippen molar-refractivity contribution in [2.75, 3.05) is 6.54 Å². The summed E-state index contributed by atoms with van der Waals surface area (Å²) in [5, 5.41) is 15.0. The van der Waals surface area contributed by atoms with Gasteiger partial charge in [-0.3, -0.25) is 14.8 Å². The molecule has 3 aliphatic rings. The fourth-order valence-corrected chi connectivity index (χ4v) is 6.07. The van der Waals surface area contributed by atoms with Crippen molar-refractivity contribution < 1.29 is 14.8 Å². The van der Waals surface area contributed by atoms with Gasteiger partial charge in [-0.05, 0) is 78.0 Å². The number of benzene rings is 2. The Balaban J connectivity index is 1.28. The van der Waals surface area contributed by atoms with Gasteiger partial charge in [-0.25, -0.2) is 5.48 Å². The average Bonchev–Trinajstić information content (AvgIpc) is 2.90. The third-order valence-electron chi connectivity index (χ3n) is 8.27. The van der Waals surface area contributed by atoms with Crippen LogP contribution in [0.4, 0.5) is 0 Å². The molecule has 0 radical (unpaired) electrons. The van der Waals surface area contributed by atoms with Crippen molar-refractivity contribution in [3.8, 4) is 11.8 Å². The van der Waals surface area contributed by atoms with Gasteiger partial charge in [0, 0.05) is 35.8 Å². The molecule has 6 N–H and O–H groups in total. The van der Waals surface area contributed by atoms with Crippen molar-refractivity contribution in [3.63, 3.8) is 0 Å². The number of hydroxylamine groups is 1. The van der Waals surface area contributed by atoms with Crippen molar-refractivity contribution in [2.45, 2.75) is 52.2 Å². The second-order valence-corrected chi connectivity index (χ2v) is 10.7. The van der Waals surface area contributed by atoms with Crippen LogP contribution >= 0.6 is 0 Å². The first kappa shape index (κ1) is 25.9.